The van der Waals surface area contributed by atoms with Gasteiger partial charge in [0, 0.05) is 29.0 Å². The summed E-state index contributed by atoms with van der Waals surface area (Å²) in [5.41, 5.74) is 3.88. The molecule has 2 aromatic carbocycles. The minimum atomic E-state index is 0.218. The fourth-order valence-corrected chi connectivity index (χ4v) is 6.31. The molecule has 0 saturated heterocycles. The van der Waals surface area contributed by atoms with Gasteiger partial charge in [-0.05, 0) is 43.1 Å². The molecule has 0 aliphatic rings. The standard InChI is InChI=1S/C42H57N3O/c1-7-17-32(5)20-14-15-22-36(29-26-33(6)18-8-2)39(46)25-16-21-34-27-30-38(31-28-34)42-44-40(35(10-4)19-9-3)43-41(45-42)37-23-12-11-13-24-37/h9-13,19,23-24,27-28,30-33,36H,3-4,7-8,14-18,20-22,25-26,29H2,1-2,5-6H3/b35-19+. The largest absolute Gasteiger partial charge is 0.299 e. The average Bonchev–Trinajstić information content (AvgIpc) is 3.07. The number of benzene rings is 2. The lowest BCUT2D eigenvalue weighted by Gasteiger charge is -2.19. The molecule has 0 aliphatic heterocycles. The van der Waals surface area contributed by atoms with E-state index in [1.54, 1.807) is 12.2 Å². The van der Waals surface area contributed by atoms with Crippen LogP contribution in [-0.4, -0.2) is 20.7 Å². The highest BCUT2D eigenvalue weighted by Crippen LogP contribution is 2.26. The van der Waals surface area contributed by atoms with E-state index in [-0.39, 0.29) is 5.92 Å². The van der Waals surface area contributed by atoms with Crippen molar-refractivity contribution in [1.29, 1.82) is 0 Å². The van der Waals surface area contributed by atoms with E-state index in [1.165, 1.54) is 56.9 Å². The lowest BCUT2D eigenvalue weighted by atomic mass is 9.85. The first-order valence-electron chi connectivity index (χ1n) is 17.8. The maximum absolute atomic E-state index is 13.4. The number of ketones is 1. The van der Waals surface area contributed by atoms with Gasteiger partial charge in [-0.3, -0.25) is 4.79 Å². The van der Waals surface area contributed by atoms with Crippen LogP contribution in [0, 0.1) is 17.8 Å². The molecule has 0 aliphatic carbocycles. The first-order valence-corrected chi connectivity index (χ1v) is 17.8. The monoisotopic (exact) mass is 619 g/mol. The van der Waals surface area contributed by atoms with E-state index in [4.69, 9.17) is 15.0 Å². The van der Waals surface area contributed by atoms with Crippen LogP contribution in [0.5, 0.6) is 0 Å². The fraction of sp³-hybridized carbons (Fsp3) is 0.476. The Labute approximate surface area is 279 Å². The number of allylic oxidation sites excluding steroid dienone is 4. The second-order valence-electron chi connectivity index (χ2n) is 13.1. The Morgan fingerprint density at radius 2 is 1.33 bits per heavy atom. The molecule has 0 bridgehead atoms. The van der Waals surface area contributed by atoms with Crippen LogP contribution >= 0.6 is 0 Å². The predicted molar refractivity (Wildman–Crippen MR) is 196 cm³/mol. The van der Waals surface area contributed by atoms with E-state index in [0.717, 1.165) is 48.3 Å². The molecule has 3 atom stereocenters. The van der Waals surface area contributed by atoms with Gasteiger partial charge in [0.25, 0.3) is 0 Å². The van der Waals surface area contributed by atoms with E-state index in [1.807, 2.05) is 36.4 Å². The van der Waals surface area contributed by atoms with Gasteiger partial charge < -0.3 is 0 Å². The molecule has 246 valence electrons. The first kappa shape index (κ1) is 36.8. The highest BCUT2D eigenvalue weighted by Gasteiger charge is 2.19. The number of rotatable bonds is 22. The van der Waals surface area contributed by atoms with Gasteiger partial charge >= 0.3 is 0 Å². The van der Waals surface area contributed by atoms with Crippen LogP contribution in [0.4, 0.5) is 0 Å². The van der Waals surface area contributed by atoms with Gasteiger partial charge in [0.2, 0.25) is 0 Å². The Morgan fingerprint density at radius 3 is 1.93 bits per heavy atom. The third-order valence-corrected chi connectivity index (χ3v) is 9.07. The second kappa shape index (κ2) is 20.5. The number of nitrogens with zero attached hydrogens (tertiary/aromatic N) is 3. The van der Waals surface area contributed by atoms with Crippen molar-refractivity contribution >= 4 is 11.4 Å². The van der Waals surface area contributed by atoms with Gasteiger partial charge in [0.05, 0.1) is 0 Å². The number of Topliss-reactive ketones (excluding diaryl/α,β-unsaturated/α-hetero) is 1. The highest BCUT2D eigenvalue weighted by atomic mass is 16.1. The smallest absolute Gasteiger partial charge is 0.164 e. The zero-order valence-electron chi connectivity index (χ0n) is 29.0. The van der Waals surface area contributed by atoms with Gasteiger partial charge in [-0.1, -0.05) is 165 Å². The van der Waals surface area contributed by atoms with Gasteiger partial charge in [-0.2, -0.15) is 0 Å². The quantitative estimate of drug-likeness (QED) is 0.0829. The highest BCUT2D eigenvalue weighted by molar-refractivity contribution is 5.81. The van der Waals surface area contributed by atoms with Crippen molar-refractivity contribution in [3.8, 4) is 22.8 Å². The van der Waals surface area contributed by atoms with Crippen LogP contribution in [-0.2, 0) is 11.2 Å². The number of hydrogen-bond donors (Lipinski definition) is 0. The Hall–Kier alpha value is -3.66. The minimum absolute atomic E-state index is 0.218. The van der Waals surface area contributed by atoms with Crippen LogP contribution in [0.1, 0.15) is 116 Å². The molecular weight excluding hydrogens is 562 g/mol. The molecule has 0 spiro atoms. The molecule has 0 N–H and O–H groups in total. The molecule has 0 saturated carbocycles. The SMILES string of the molecule is C=C/C=C(\C=C)c1nc(-c2ccccc2)nc(-c2ccc(CCCC(=O)C(CCCCC(C)CCC)CCC(C)CCC)cc2)n1. The van der Waals surface area contributed by atoms with E-state index < -0.39 is 0 Å². The Balaban J connectivity index is 1.65. The number of aromatic nitrogens is 3. The normalized spacial score (nSPS) is 13.6. The first-order chi connectivity index (χ1) is 22.4. The van der Waals surface area contributed by atoms with Crippen molar-refractivity contribution in [2.45, 2.75) is 111 Å². The fourth-order valence-electron chi connectivity index (χ4n) is 6.31. The lowest BCUT2D eigenvalue weighted by molar-refractivity contribution is -0.123. The van der Waals surface area contributed by atoms with Crippen LogP contribution in [0.2, 0.25) is 0 Å². The van der Waals surface area contributed by atoms with Crippen molar-refractivity contribution < 1.29 is 4.79 Å². The van der Waals surface area contributed by atoms with Crippen molar-refractivity contribution in [3.05, 3.63) is 97.4 Å². The number of carbonyl (C=O) groups is 1. The maximum atomic E-state index is 13.4. The summed E-state index contributed by atoms with van der Waals surface area (Å²) < 4.78 is 0. The molecule has 3 rings (SSSR count). The molecule has 1 heterocycles. The van der Waals surface area contributed by atoms with Crippen molar-refractivity contribution in [2.24, 2.45) is 17.8 Å². The van der Waals surface area contributed by atoms with E-state index in [0.29, 0.717) is 35.6 Å². The summed E-state index contributed by atoms with van der Waals surface area (Å²) in [6.07, 6.45) is 19.8. The molecule has 0 amide bonds. The predicted octanol–water partition coefficient (Wildman–Crippen LogP) is 11.7. The van der Waals surface area contributed by atoms with Crippen LogP contribution in [0.25, 0.3) is 28.3 Å². The van der Waals surface area contributed by atoms with Crippen molar-refractivity contribution in [1.82, 2.24) is 15.0 Å². The lowest BCUT2D eigenvalue weighted by Crippen LogP contribution is -2.16. The molecule has 3 aromatic rings. The van der Waals surface area contributed by atoms with E-state index >= 15 is 0 Å². The van der Waals surface area contributed by atoms with Gasteiger partial charge in [0.15, 0.2) is 17.5 Å². The summed E-state index contributed by atoms with van der Waals surface area (Å²) in [5.74, 6) is 3.99. The molecule has 3 unspecified atom stereocenters. The van der Waals surface area contributed by atoms with Gasteiger partial charge in [-0.25, -0.2) is 15.0 Å². The van der Waals surface area contributed by atoms with Crippen molar-refractivity contribution in [3.63, 3.8) is 0 Å². The Kier molecular flexibility index (Phi) is 16.4. The molecule has 0 fully saturated rings. The number of carbonyl (C=O) groups excluding carboxylic acids is 1. The van der Waals surface area contributed by atoms with Crippen molar-refractivity contribution in [2.75, 3.05) is 0 Å². The molecule has 4 heteroatoms. The second-order valence-corrected chi connectivity index (χ2v) is 13.1. The third kappa shape index (κ3) is 12.3. The van der Waals surface area contributed by atoms with Gasteiger partial charge in [0.1, 0.15) is 5.78 Å². The summed E-state index contributed by atoms with van der Waals surface area (Å²) >= 11 is 0. The zero-order chi connectivity index (χ0) is 33.1. The molecule has 1 aromatic heterocycles. The number of unbranched alkanes of at least 4 members (excludes halogenated alkanes) is 1. The average molecular weight is 620 g/mol. The van der Waals surface area contributed by atoms with E-state index in [9.17, 15) is 4.79 Å². The zero-order valence-corrected chi connectivity index (χ0v) is 29.0. The third-order valence-electron chi connectivity index (χ3n) is 9.07. The topological polar surface area (TPSA) is 55.7 Å². The molecular formula is C42H57N3O. The summed E-state index contributed by atoms with van der Waals surface area (Å²) in [7, 11) is 0. The summed E-state index contributed by atoms with van der Waals surface area (Å²) in [4.78, 5) is 27.8. The Morgan fingerprint density at radius 1 is 0.717 bits per heavy atom. The van der Waals surface area contributed by atoms with Crippen LogP contribution < -0.4 is 0 Å². The number of aryl methyl sites for hydroxylation is 1. The van der Waals surface area contributed by atoms with Gasteiger partial charge in [-0.15, -0.1) is 0 Å². The van der Waals surface area contributed by atoms with Crippen LogP contribution in [0.15, 0.2) is 86.0 Å². The molecule has 4 nitrogen and oxygen atoms in total. The Bertz CT molecular complexity index is 1380. The van der Waals surface area contributed by atoms with Crippen LogP contribution in [0.3, 0.4) is 0 Å². The summed E-state index contributed by atoms with van der Waals surface area (Å²) in [6, 6.07) is 18.4. The summed E-state index contributed by atoms with van der Waals surface area (Å²) in [6.45, 7) is 17.0. The summed E-state index contributed by atoms with van der Waals surface area (Å²) in [5, 5.41) is 0. The van der Waals surface area contributed by atoms with E-state index in [2.05, 4.69) is 65.1 Å². The maximum Gasteiger partial charge on any atom is 0.164 e. The molecule has 0 radical (unpaired) electrons. The minimum Gasteiger partial charge on any atom is -0.299 e. The molecule has 46 heavy (non-hydrogen) atoms. The number of hydrogen-bond acceptors (Lipinski definition) is 4.